The predicted octanol–water partition coefficient (Wildman–Crippen LogP) is 2.74. The minimum absolute atomic E-state index is 0.0468. The van der Waals surface area contributed by atoms with Crippen molar-refractivity contribution < 1.29 is 23.1 Å². The molecule has 1 amide bonds. The third-order valence-electron chi connectivity index (χ3n) is 1.85. The van der Waals surface area contributed by atoms with Crippen LogP contribution in [0.4, 0.5) is 18.0 Å². The Balaban J connectivity index is 2.87. The molecule has 0 spiro atoms. The van der Waals surface area contributed by atoms with E-state index in [0.717, 1.165) is 6.07 Å². The van der Waals surface area contributed by atoms with E-state index < -0.39 is 17.8 Å². The molecule has 0 bridgehead atoms. The van der Waals surface area contributed by atoms with Gasteiger partial charge in [0.1, 0.15) is 0 Å². The summed E-state index contributed by atoms with van der Waals surface area (Å²) >= 11 is 2.95. The van der Waals surface area contributed by atoms with Gasteiger partial charge in [-0.05, 0) is 17.7 Å². The second-order valence-corrected chi connectivity index (χ2v) is 4.00. The van der Waals surface area contributed by atoms with Crippen LogP contribution in [-0.4, -0.2) is 11.2 Å². The second-order valence-electron chi connectivity index (χ2n) is 3.08. The van der Waals surface area contributed by atoms with Crippen molar-refractivity contribution in [1.82, 2.24) is 10.9 Å². The summed E-state index contributed by atoms with van der Waals surface area (Å²) in [6.45, 7) is -0.256. The Bertz CT molecular complexity index is 423. The largest absolute Gasteiger partial charge is 0.464 e. The Labute approximate surface area is 103 Å². The Morgan fingerprint density at radius 3 is 2.59 bits per heavy atom. The summed E-state index contributed by atoms with van der Waals surface area (Å²) in [6, 6.07) is 3.66. The molecule has 0 aliphatic carbocycles. The van der Waals surface area contributed by atoms with Gasteiger partial charge in [0.15, 0.2) is 0 Å². The topological polar surface area (TPSA) is 61.4 Å². The van der Waals surface area contributed by atoms with Crippen molar-refractivity contribution in [3.8, 4) is 0 Å². The molecule has 0 heterocycles. The van der Waals surface area contributed by atoms with Crippen molar-refractivity contribution in [2.24, 2.45) is 0 Å². The molecule has 0 unspecified atom stereocenters. The quantitative estimate of drug-likeness (QED) is 0.752. The van der Waals surface area contributed by atoms with E-state index in [1.807, 2.05) is 0 Å². The van der Waals surface area contributed by atoms with Crippen LogP contribution >= 0.6 is 15.9 Å². The van der Waals surface area contributed by atoms with Gasteiger partial charge in [-0.25, -0.2) is 10.2 Å². The van der Waals surface area contributed by atoms with Crippen molar-refractivity contribution in [2.45, 2.75) is 12.7 Å². The number of halogens is 4. The number of nitrogens with one attached hydrogen (secondary N) is 2. The van der Waals surface area contributed by atoms with Gasteiger partial charge in [-0.15, -0.1) is 0 Å². The summed E-state index contributed by atoms with van der Waals surface area (Å²) in [6.07, 6.45) is -5.85. The SMILES string of the molecule is O=C(O)NNCc1ccc(Br)cc1C(F)(F)F. The molecular weight excluding hydrogens is 305 g/mol. The van der Waals surface area contributed by atoms with E-state index in [1.54, 1.807) is 5.43 Å². The van der Waals surface area contributed by atoms with Gasteiger partial charge in [0.25, 0.3) is 0 Å². The summed E-state index contributed by atoms with van der Waals surface area (Å²) in [7, 11) is 0. The molecule has 8 heteroatoms. The normalized spacial score (nSPS) is 11.3. The third-order valence-corrected chi connectivity index (χ3v) is 2.34. The highest BCUT2D eigenvalue weighted by Gasteiger charge is 2.33. The molecule has 1 aromatic carbocycles. The minimum atomic E-state index is -4.48. The highest BCUT2D eigenvalue weighted by molar-refractivity contribution is 9.10. The van der Waals surface area contributed by atoms with Gasteiger partial charge < -0.3 is 5.11 Å². The van der Waals surface area contributed by atoms with E-state index in [1.165, 1.54) is 12.1 Å². The molecule has 94 valence electrons. The second kappa shape index (κ2) is 5.37. The number of amides is 1. The zero-order chi connectivity index (χ0) is 13.1. The van der Waals surface area contributed by atoms with Gasteiger partial charge in [-0.1, -0.05) is 22.0 Å². The molecule has 4 nitrogen and oxygen atoms in total. The van der Waals surface area contributed by atoms with E-state index >= 15 is 0 Å². The first-order chi connectivity index (χ1) is 7.80. The van der Waals surface area contributed by atoms with E-state index in [9.17, 15) is 18.0 Å². The van der Waals surface area contributed by atoms with Crippen LogP contribution in [0.15, 0.2) is 22.7 Å². The molecule has 17 heavy (non-hydrogen) atoms. The zero-order valence-corrected chi connectivity index (χ0v) is 9.89. The number of hydrogen-bond donors (Lipinski definition) is 3. The average molecular weight is 313 g/mol. The van der Waals surface area contributed by atoms with Crippen LogP contribution in [0.25, 0.3) is 0 Å². The smallest absolute Gasteiger partial charge is 0.419 e. The highest BCUT2D eigenvalue weighted by Crippen LogP contribution is 2.33. The fourth-order valence-corrected chi connectivity index (χ4v) is 1.54. The maximum atomic E-state index is 12.6. The molecular formula is C9H8BrF3N2O2. The summed E-state index contributed by atoms with van der Waals surface area (Å²) in [4.78, 5) is 10.1. The number of hydrazine groups is 1. The monoisotopic (exact) mass is 312 g/mol. The van der Waals surface area contributed by atoms with Gasteiger partial charge in [0.05, 0.1) is 5.56 Å². The van der Waals surface area contributed by atoms with Gasteiger partial charge in [0.2, 0.25) is 0 Å². The standard InChI is InChI=1S/C9H8BrF3N2O2/c10-6-2-1-5(4-14-15-8(16)17)7(3-6)9(11,12)13/h1-3,14-15H,4H2,(H,16,17). The Morgan fingerprint density at radius 2 is 2.06 bits per heavy atom. The van der Waals surface area contributed by atoms with Gasteiger partial charge in [0, 0.05) is 11.0 Å². The molecule has 0 radical (unpaired) electrons. The molecule has 0 atom stereocenters. The van der Waals surface area contributed by atoms with E-state index in [0.29, 0.717) is 4.47 Å². The first-order valence-electron chi connectivity index (χ1n) is 4.38. The minimum Gasteiger partial charge on any atom is -0.464 e. The molecule has 0 aliphatic heterocycles. The molecule has 3 N–H and O–H groups in total. The van der Waals surface area contributed by atoms with E-state index in [-0.39, 0.29) is 12.1 Å². The van der Waals surface area contributed by atoms with Crippen molar-refractivity contribution in [3.05, 3.63) is 33.8 Å². The van der Waals surface area contributed by atoms with E-state index in [4.69, 9.17) is 5.11 Å². The van der Waals surface area contributed by atoms with Crippen molar-refractivity contribution in [2.75, 3.05) is 0 Å². The lowest BCUT2D eigenvalue weighted by molar-refractivity contribution is -0.138. The van der Waals surface area contributed by atoms with Crippen molar-refractivity contribution in [3.63, 3.8) is 0 Å². The average Bonchev–Trinajstić information content (AvgIpc) is 2.18. The van der Waals surface area contributed by atoms with Gasteiger partial charge in [-0.3, -0.25) is 5.43 Å². The first kappa shape index (κ1) is 13.8. The number of hydrogen-bond acceptors (Lipinski definition) is 2. The van der Waals surface area contributed by atoms with Crippen molar-refractivity contribution in [1.29, 1.82) is 0 Å². The molecule has 1 rings (SSSR count). The summed E-state index contributed by atoms with van der Waals surface area (Å²) in [5.74, 6) is 0. The Hall–Kier alpha value is -1.28. The van der Waals surface area contributed by atoms with E-state index in [2.05, 4.69) is 21.4 Å². The molecule has 0 saturated heterocycles. The Morgan fingerprint density at radius 1 is 1.41 bits per heavy atom. The molecule has 0 saturated carbocycles. The maximum Gasteiger partial charge on any atom is 0.419 e. The van der Waals surface area contributed by atoms with Crippen LogP contribution in [0.3, 0.4) is 0 Å². The fourth-order valence-electron chi connectivity index (χ4n) is 1.18. The number of carbonyl (C=O) groups is 1. The predicted molar refractivity (Wildman–Crippen MR) is 57.1 cm³/mol. The van der Waals surface area contributed by atoms with Crippen LogP contribution in [0.2, 0.25) is 0 Å². The summed E-state index contributed by atoms with van der Waals surface area (Å²) < 4.78 is 38.2. The Kier molecular flexibility index (Phi) is 4.35. The summed E-state index contributed by atoms with van der Waals surface area (Å²) in [5, 5.41) is 8.26. The lowest BCUT2D eigenvalue weighted by Crippen LogP contribution is -2.36. The van der Waals surface area contributed by atoms with Crippen LogP contribution < -0.4 is 10.9 Å². The highest BCUT2D eigenvalue weighted by atomic mass is 79.9. The van der Waals surface area contributed by atoms with Crippen molar-refractivity contribution >= 4 is 22.0 Å². The third kappa shape index (κ3) is 4.23. The van der Waals surface area contributed by atoms with Crippen LogP contribution in [0, 0.1) is 0 Å². The number of rotatable bonds is 3. The molecule has 1 aromatic rings. The molecule has 0 aliphatic rings. The lowest BCUT2D eigenvalue weighted by Gasteiger charge is -2.13. The summed E-state index contributed by atoms with van der Waals surface area (Å²) in [5.41, 5.74) is 3.08. The number of alkyl halides is 3. The molecule has 0 aromatic heterocycles. The first-order valence-corrected chi connectivity index (χ1v) is 5.17. The van der Waals surface area contributed by atoms with Crippen LogP contribution in [0.1, 0.15) is 11.1 Å². The van der Waals surface area contributed by atoms with Crippen LogP contribution in [0.5, 0.6) is 0 Å². The lowest BCUT2D eigenvalue weighted by atomic mass is 10.1. The maximum absolute atomic E-state index is 12.6. The van der Waals surface area contributed by atoms with Gasteiger partial charge >= 0.3 is 12.3 Å². The van der Waals surface area contributed by atoms with Crippen LogP contribution in [-0.2, 0) is 12.7 Å². The fraction of sp³-hybridized carbons (Fsp3) is 0.222. The van der Waals surface area contributed by atoms with Gasteiger partial charge in [-0.2, -0.15) is 13.2 Å². The number of carboxylic acid groups (broad SMARTS) is 1. The zero-order valence-electron chi connectivity index (χ0n) is 8.31. The number of benzene rings is 1. The molecule has 0 fully saturated rings.